The van der Waals surface area contributed by atoms with Crippen molar-refractivity contribution in [3.8, 4) is 0 Å². The molecule has 1 rings (SSSR count). The lowest BCUT2D eigenvalue weighted by Gasteiger charge is -2.14. The third-order valence-electron chi connectivity index (χ3n) is 2.43. The van der Waals surface area contributed by atoms with E-state index in [0.717, 1.165) is 18.7 Å². The van der Waals surface area contributed by atoms with Gasteiger partial charge >= 0.3 is 0 Å². The average molecular weight is 231 g/mol. The lowest BCUT2D eigenvalue weighted by Crippen LogP contribution is -2.22. The molecule has 0 aliphatic heterocycles. The third kappa shape index (κ3) is 3.68. The van der Waals surface area contributed by atoms with Gasteiger partial charge in [0.05, 0.1) is 5.02 Å². The maximum atomic E-state index is 12.9. The van der Waals surface area contributed by atoms with Crippen LogP contribution in [0.5, 0.6) is 0 Å². The van der Waals surface area contributed by atoms with Gasteiger partial charge in [0.25, 0.3) is 0 Å². The van der Waals surface area contributed by atoms with Crippen LogP contribution in [0, 0.1) is 11.7 Å². The van der Waals surface area contributed by atoms with Crippen molar-refractivity contribution in [2.45, 2.75) is 13.3 Å². The van der Waals surface area contributed by atoms with Crippen molar-refractivity contribution in [3.63, 3.8) is 0 Å². The molecule has 0 bridgehead atoms. The Morgan fingerprint density at radius 2 is 2.27 bits per heavy atom. The van der Waals surface area contributed by atoms with E-state index in [1.807, 2.05) is 0 Å². The maximum absolute atomic E-state index is 12.9. The molecule has 0 radical (unpaired) electrons. The molecule has 1 aromatic carbocycles. The van der Waals surface area contributed by atoms with E-state index in [9.17, 15) is 4.39 Å². The summed E-state index contributed by atoms with van der Waals surface area (Å²) in [5.41, 5.74) is 6.40. The van der Waals surface area contributed by atoms with Gasteiger partial charge in [-0.2, -0.15) is 0 Å². The molecule has 1 unspecified atom stereocenters. The van der Waals surface area contributed by atoms with Gasteiger partial charge in [-0.05, 0) is 30.7 Å². The van der Waals surface area contributed by atoms with Crippen LogP contribution < -0.4 is 11.1 Å². The Labute approximate surface area is 94.6 Å². The molecule has 1 atom stereocenters. The molecule has 4 heteroatoms. The Kier molecular flexibility index (Phi) is 4.85. The minimum absolute atomic E-state index is 0.140. The topological polar surface area (TPSA) is 38.0 Å². The van der Waals surface area contributed by atoms with Crippen LogP contribution in [0.1, 0.15) is 13.3 Å². The van der Waals surface area contributed by atoms with Crippen molar-refractivity contribution in [3.05, 3.63) is 29.0 Å². The molecule has 3 N–H and O–H groups in total. The molecule has 1 aromatic rings. The summed E-state index contributed by atoms with van der Waals surface area (Å²) in [6.07, 6.45) is 1.03. The number of hydrogen-bond donors (Lipinski definition) is 2. The quantitative estimate of drug-likeness (QED) is 0.817. The highest BCUT2D eigenvalue weighted by atomic mass is 35.5. The molecule has 0 spiro atoms. The van der Waals surface area contributed by atoms with Crippen LogP contribution in [0.2, 0.25) is 5.02 Å². The molecule has 0 aliphatic rings. The summed E-state index contributed by atoms with van der Waals surface area (Å²) in [6, 6.07) is 4.61. The molecule has 0 fully saturated rings. The lowest BCUT2D eigenvalue weighted by molar-refractivity contribution is 0.548. The first-order valence-electron chi connectivity index (χ1n) is 5.06. The summed E-state index contributed by atoms with van der Waals surface area (Å²) in [6.45, 7) is 3.53. The monoisotopic (exact) mass is 230 g/mol. The number of rotatable bonds is 5. The van der Waals surface area contributed by atoms with E-state index in [2.05, 4.69) is 12.2 Å². The van der Waals surface area contributed by atoms with Crippen molar-refractivity contribution in [2.24, 2.45) is 11.7 Å². The van der Waals surface area contributed by atoms with E-state index >= 15 is 0 Å². The molecule has 0 aromatic heterocycles. The van der Waals surface area contributed by atoms with Gasteiger partial charge in [-0.1, -0.05) is 24.9 Å². The minimum atomic E-state index is -0.395. The Bertz CT molecular complexity index is 313. The number of halogens is 2. The standard InChI is InChI=1S/C11H16ClFN2/c1-2-8(6-14)7-15-9-3-4-11(13)10(12)5-9/h3-5,8,15H,2,6-7,14H2,1H3. The first-order chi connectivity index (χ1) is 7.17. The zero-order valence-electron chi connectivity index (χ0n) is 8.76. The first kappa shape index (κ1) is 12.3. The Morgan fingerprint density at radius 3 is 2.80 bits per heavy atom. The molecule has 2 nitrogen and oxygen atoms in total. The highest BCUT2D eigenvalue weighted by Gasteiger charge is 2.04. The van der Waals surface area contributed by atoms with E-state index in [1.165, 1.54) is 6.07 Å². The lowest BCUT2D eigenvalue weighted by atomic mass is 10.1. The van der Waals surface area contributed by atoms with Gasteiger partial charge in [0.2, 0.25) is 0 Å². The van der Waals surface area contributed by atoms with Gasteiger partial charge in [-0.3, -0.25) is 0 Å². The summed E-state index contributed by atoms with van der Waals surface area (Å²) < 4.78 is 12.9. The minimum Gasteiger partial charge on any atom is -0.385 e. The molecule has 0 saturated heterocycles. The molecule has 0 saturated carbocycles. The van der Waals surface area contributed by atoms with Crippen molar-refractivity contribution in [1.29, 1.82) is 0 Å². The largest absolute Gasteiger partial charge is 0.385 e. The fourth-order valence-electron chi connectivity index (χ4n) is 1.26. The molecular weight excluding hydrogens is 215 g/mol. The molecule has 15 heavy (non-hydrogen) atoms. The van der Waals surface area contributed by atoms with E-state index in [0.29, 0.717) is 12.5 Å². The summed E-state index contributed by atoms with van der Waals surface area (Å²) in [5, 5.41) is 3.32. The highest BCUT2D eigenvalue weighted by molar-refractivity contribution is 6.31. The molecule has 0 heterocycles. The zero-order chi connectivity index (χ0) is 11.3. The smallest absolute Gasteiger partial charge is 0.141 e. The van der Waals surface area contributed by atoms with Crippen LogP contribution in [-0.4, -0.2) is 13.1 Å². The number of nitrogens with one attached hydrogen (secondary N) is 1. The van der Waals surface area contributed by atoms with Crippen LogP contribution in [0.25, 0.3) is 0 Å². The Balaban J connectivity index is 2.54. The second-order valence-corrected chi connectivity index (χ2v) is 3.93. The zero-order valence-corrected chi connectivity index (χ0v) is 9.52. The molecule has 84 valence electrons. The van der Waals surface area contributed by atoms with Gasteiger partial charge in [0.1, 0.15) is 5.82 Å². The van der Waals surface area contributed by atoms with Crippen LogP contribution in [-0.2, 0) is 0 Å². The normalized spacial score (nSPS) is 12.5. The predicted molar refractivity (Wildman–Crippen MR) is 62.7 cm³/mol. The number of nitrogens with two attached hydrogens (primary N) is 1. The Morgan fingerprint density at radius 1 is 1.53 bits per heavy atom. The van der Waals surface area contributed by atoms with Gasteiger partial charge in [-0.25, -0.2) is 4.39 Å². The Hall–Kier alpha value is -0.800. The molecule has 0 amide bonds. The van der Waals surface area contributed by atoms with Crippen LogP contribution in [0.4, 0.5) is 10.1 Å². The third-order valence-corrected chi connectivity index (χ3v) is 2.71. The van der Waals surface area contributed by atoms with Gasteiger partial charge in [0, 0.05) is 12.2 Å². The number of benzene rings is 1. The van der Waals surface area contributed by atoms with Crippen molar-refractivity contribution in [1.82, 2.24) is 0 Å². The van der Waals surface area contributed by atoms with E-state index in [-0.39, 0.29) is 5.02 Å². The van der Waals surface area contributed by atoms with E-state index in [1.54, 1.807) is 12.1 Å². The van der Waals surface area contributed by atoms with Gasteiger partial charge < -0.3 is 11.1 Å². The van der Waals surface area contributed by atoms with Crippen molar-refractivity contribution < 1.29 is 4.39 Å². The second-order valence-electron chi connectivity index (χ2n) is 3.52. The van der Waals surface area contributed by atoms with Crippen LogP contribution >= 0.6 is 11.6 Å². The molecule has 0 aliphatic carbocycles. The SMILES string of the molecule is CCC(CN)CNc1ccc(F)c(Cl)c1. The average Bonchev–Trinajstić information content (AvgIpc) is 2.24. The van der Waals surface area contributed by atoms with Gasteiger partial charge in [0.15, 0.2) is 0 Å². The number of anilines is 1. The van der Waals surface area contributed by atoms with Crippen LogP contribution in [0.3, 0.4) is 0 Å². The first-order valence-corrected chi connectivity index (χ1v) is 5.44. The molecular formula is C11H16ClFN2. The van der Waals surface area contributed by atoms with Crippen molar-refractivity contribution in [2.75, 3.05) is 18.4 Å². The predicted octanol–water partition coefficient (Wildman–Crippen LogP) is 2.88. The van der Waals surface area contributed by atoms with E-state index < -0.39 is 5.82 Å². The number of hydrogen-bond acceptors (Lipinski definition) is 2. The summed E-state index contributed by atoms with van der Waals surface area (Å²) in [7, 11) is 0. The summed E-state index contributed by atoms with van der Waals surface area (Å²) in [4.78, 5) is 0. The van der Waals surface area contributed by atoms with Crippen molar-refractivity contribution >= 4 is 17.3 Å². The van der Waals surface area contributed by atoms with Gasteiger partial charge in [-0.15, -0.1) is 0 Å². The summed E-state index contributed by atoms with van der Waals surface area (Å²) >= 11 is 5.66. The highest BCUT2D eigenvalue weighted by Crippen LogP contribution is 2.19. The fraction of sp³-hybridized carbons (Fsp3) is 0.455. The van der Waals surface area contributed by atoms with Crippen LogP contribution in [0.15, 0.2) is 18.2 Å². The second kappa shape index (κ2) is 5.93. The fourth-order valence-corrected chi connectivity index (χ4v) is 1.44. The summed E-state index contributed by atoms with van der Waals surface area (Å²) in [5.74, 6) is 0.0434. The maximum Gasteiger partial charge on any atom is 0.141 e. The van der Waals surface area contributed by atoms with E-state index in [4.69, 9.17) is 17.3 Å².